The molecular formula is C22H28N4O3. The Bertz CT molecular complexity index is 824. The Morgan fingerprint density at radius 3 is 2.97 bits per heavy atom. The minimum atomic E-state index is -0.423. The summed E-state index contributed by atoms with van der Waals surface area (Å²) in [6.07, 6.45) is 5.98. The monoisotopic (exact) mass is 396 g/mol. The summed E-state index contributed by atoms with van der Waals surface area (Å²) in [6.45, 7) is 1.80. The molecule has 29 heavy (non-hydrogen) atoms. The highest BCUT2D eigenvalue weighted by atomic mass is 16.5. The van der Waals surface area contributed by atoms with Gasteiger partial charge in [0.1, 0.15) is 6.10 Å². The van der Waals surface area contributed by atoms with Gasteiger partial charge < -0.3 is 19.5 Å². The van der Waals surface area contributed by atoms with Crippen molar-refractivity contribution in [2.75, 3.05) is 20.1 Å². The summed E-state index contributed by atoms with van der Waals surface area (Å²) < 4.78 is 6.11. The van der Waals surface area contributed by atoms with Gasteiger partial charge in [-0.1, -0.05) is 6.07 Å². The molecule has 0 radical (unpaired) electrons. The van der Waals surface area contributed by atoms with E-state index in [0.29, 0.717) is 25.4 Å². The average Bonchev–Trinajstić information content (AvgIpc) is 3.41. The third-order valence-electron chi connectivity index (χ3n) is 5.95. The highest BCUT2D eigenvalue weighted by Gasteiger charge is 2.43. The van der Waals surface area contributed by atoms with Crippen molar-refractivity contribution < 1.29 is 14.3 Å². The Balaban J connectivity index is 1.28. The third kappa shape index (κ3) is 4.67. The maximum Gasteiger partial charge on any atom is 0.251 e. The zero-order valence-electron chi connectivity index (χ0n) is 16.8. The summed E-state index contributed by atoms with van der Waals surface area (Å²) in [5.41, 5.74) is 1.93. The maximum absolute atomic E-state index is 12.8. The van der Waals surface area contributed by atoms with Crippen LogP contribution in [-0.2, 0) is 27.3 Å². The molecular weight excluding hydrogens is 368 g/mol. The van der Waals surface area contributed by atoms with Crippen LogP contribution in [0.2, 0.25) is 0 Å². The van der Waals surface area contributed by atoms with Gasteiger partial charge in [-0.25, -0.2) is 0 Å². The van der Waals surface area contributed by atoms with E-state index < -0.39 is 6.10 Å². The fourth-order valence-corrected chi connectivity index (χ4v) is 4.30. The van der Waals surface area contributed by atoms with E-state index in [0.717, 1.165) is 37.2 Å². The summed E-state index contributed by atoms with van der Waals surface area (Å²) in [7, 11) is 1.79. The molecule has 0 aromatic carbocycles. The molecule has 2 aliphatic heterocycles. The zero-order chi connectivity index (χ0) is 20.2. The lowest BCUT2D eigenvalue weighted by Gasteiger charge is -2.34. The van der Waals surface area contributed by atoms with Crippen LogP contribution in [-0.4, -0.2) is 63.9 Å². The molecule has 2 aromatic heterocycles. The molecule has 0 aliphatic carbocycles. The Morgan fingerprint density at radius 1 is 1.31 bits per heavy atom. The van der Waals surface area contributed by atoms with Crippen LogP contribution in [0.15, 0.2) is 42.7 Å². The molecule has 7 heteroatoms. The molecule has 2 saturated heterocycles. The summed E-state index contributed by atoms with van der Waals surface area (Å²) in [5, 5.41) is 0. The first-order chi connectivity index (χ1) is 14.1. The lowest BCUT2D eigenvalue weighted by Crippen LogP contribution is -2.45. The number of carbonyl (C=O) groups is 2. The molecule has 2 aromatic rings. The number of rotatable bonds is 6. The summed E-state index contributed by atoms with van der Waals surface area (Å²) in [5.74, 6) is 0.498. The predicted molar refractivity (Wildman–Crippen MR) is 108 cm³/mol. The molecule has 3 atom stereocenters. The minimum Gasteiger partial charge on any atom is -0.365 e. The molecule has 2 aliphatic rings. The number of piperidine rings is 1. The number of H-pyrrole nitrogens is 1. The van der Waals surface area contributed by atoms with Crippen molar-refractivity contribution in [2.24, 2.45) is 5.92 Å². The van der Waals surface area contributed by atoms with E-state index in [-0.39, 0.29) is 17.9 Å². The number of carbonyl (C=O) groups excluding carboxylic acids is 2. The lowest BCUT2D eigenvalue weighted by molar-refractivity contribution is -0.144. The summed E-state index contributed by atoms with van der Waals surface area (Å²) >= 11 is 0. The van der Waals surface area contributed by atoms with Crippen molar-refractivity contribution >= 4 is 11.8 Å². The summed E-state index contributed by atoms with van der Waals surface area (Å²) in [6, 6.07) is 9.64. The number of likely N-dealkylation sites (N-methyl/N-ethyl adjacent to an activating group) is 1. The topological polar surface area (TPSA) is 78.5 Å². The van der Waals surface area contributed by atoms with Crippen molar-refractivity contribution in [3.63, 3.8) is 0 Å². The molecule has 4 heterocycles. The largest absolute Gasteiger partial charge is 0.365 e. The van der Waals surface area contributed by atoms with Crippen LogP contribution in [0, 0.1) is 5.92 Å². The Kier molecular flexibility index (Phi) is 5.94. The lowest BCUT2D eigenvalue weighted by atomic mass is 9.91. The average molecular weight is 396 g/mol. The fourth-order valence-electron chi connectivity index (χ4n) is 4.30. The van der Waals surface area contributed by atoms with Crippen LogP contribution in [0.25, 0.3) is 0 Å². The van der Waals surface area contributed by atoms with Crippen molar-refractivity contribution in [3.8, 4) is 0 Å². The van der Waals surface area contributed by atoms with Crippen molar-refractivity contribution in [3.05, 3.63) is 54.1 Å². The number of hydrogen-bond acceptors (Lipinski definition) is 4. The van der Waals surface area contributed by atoms with Gasteiger partial charge in [-0.2, -0.15) is 0 Å². The Labute approximate surface area is 171 Å². The third-order valence-corrected chi connectivity index (χ3v) is 5.95. The van der Waals surface area contributed by atoms with Crippen LogP contribution in [0.1, 0.15) is 30.7 Å². The van der Waals surface area contributed by atoms with Crippen molar-refractivity contribution in [1.82, 2.24) is 19.8 Å². The number of aromatic amines is 1. The second-order valence-electron chi connectivity index (χ2n) is 8.00. The van der Waals surface area contributed by atoms with E-state index >= 15 is 0 Å². The standard InChI is InChI=1S/C22H28N4O3/c1-25(14-18-5-2-3-10-24-18)22(28)19-13-16-9-12-26(15-20(16)29-19)21(27)8-7-17-6-4-11-23-17/h2-6,10-11,16,19-20,23H,7-9,12-15H2,1H3/t16-,19?,20-/m0/s1. The van der Waals surface area contributed by atoms with E-state index in [9.17, 15) is 9.59 Å². The quantitative estimate of drug-likeness (QED) is 0.810. The first kappa shape index (κ1) is 19.6. The molecule has 4 rings (SSSR count). The van der Waals surface area contributed by atoms with E-state index in [1.165, 1.54) is 0 Å². The Morgan fingerprint density at radius 2 is 2.21 bits per heavy atom. The summed E-state index contributed by atoms with van der Waals surface area (Å²) in [4.78, 5) is 36.4. The zero-order valence-corrected chi connectivity index (χ0v) is 16.8. The molecule has 2 fully saturated rings. The molecule has 1 N–H and O–H groups in total. The van der Waals surface area contributed by atoms with Crippen LogP contribution >= 0.6 is 0 Å². The molecule has 0 bridgehead atoms. The predicted octanol–water partition coefficient (Wildman–Crippen LogP) is 2.01. The molecule has 154 valence electrons. The van der Waals surface area contributed by atoms with Crippen molar-refractivity contribution in [1.29, 1.82) is 0 Å². The van der Waals surface area contributed by atoms with Crippen LogP contribution in [0.5, 0.6) is 0 Å². The number of fused-ring (bicyclic) bond motifs is 1. The van der Waals surface area contributed by atoms with E-state index in [4.69, 9.17) is 4.74 Å². The van der Waals surface area contributed by atoms with Gasteiger partial charge in [0.05, 0.1) is 18.3 Å². The van der Waals surface area contributed by atoms with E-state index in [2.05, 4.69) is 9.97 Å². The molecule has 0 saturated carbocycles. The van der Waals surface area contributed by atoms with Gasteiger partial charge in [-0.15, -0.1) is 0 Å². The van der Waals surface area contributed by atoms with Crippen LogP contribution in [0.3, 0.4) is 0 Å². The van der Waals surface area contributed by atoms with Crippen molar-refractivity contribution in [2.45, 2.75) is 44.4 Å². The highest BCUT2D eigenvalue weighted by Crippen LogP contribution is 2.34. The second-order valence-corrected chi connectivity index (χ2v) is 8.00. The number of amides is 2. The normalized spacial score (nSPS) is 23.6. The van der Waals surface area contributed by atoms with E-state index in [1.54, 1.807) is 18.1 Å². The van der Waals surface area contributed by atoms with Gasteiger partial charge >= 0.3 is 0 Å². The van der Waals surface area contributed by atoms with Gasteiger partial charge in [0.15, 0.2) is 0 Å². The first-order valence-electron chi connectivity index (χ1n) is 10.3. The number of ether oxygens (including phenoxy) is 1. The number of hydrogen-bond donors (Lipinski definition) is 1. The molecule has 2 amide bonds. The second kappa shape index (κ2) is 8.78. The smallest absolute Gasteiger partial charge is 0.251 e. The van der Waals surface area contributed by atoms with E-state index in [1.807, 2.05) is 41.4 Å². The Hall–Kier alpha value is -2.67. The molecule has 7 nitrogen and oxygen atoms in total. The molecule has 1 unspecified atom stereocenters. The van der Waals surface area contributed by atoms with Gasteiger partial charge in [-0.05, 0) is 49.4 Å². The number of aryl methyl sites for hydroxylation is 1. The molecule has 0 spiro atoms. The number of nitrogens with zero attached hydrogens (tertiary/aromatic N) is 3. The maximum atomic E-state index is 12.8. The van der Waals surface area contributed by atoms with Gasteiger partial charge in [0, 0.05) is 44.6 Å². The van der Waals surface area contributed by atoms with Crippen LogP contribution < -0.4 is 0 Å². The SMILES string of the molecule is CN(Cc1ccccn1)C(=O)C1C[C@@H]2CCN(C(=O)CCc3ccc[nH]3)C[C@@H]2O1. The first-order valence-corrected chi connectivity index (χ1v) is 10.3. The van der Waals surface area contributed by atoms with Gasteiger partial charge in [0.25, 0.3) is 5.91 Å². The number of likely N-dealkylation sites (tertiary alicyclic amines) is 1. The van der Waals surface area contributed by atoms with Gasteiger partial charge in [0.2, 0.25) is 5.91 Å². The number of pyridine rings is 1. The number of nitrogens with one attached hydrogen (secondary N) is 1. The number of aromatic nitrogens is 2. The van der Waals surface area contributed by atoms with Crippen LogP contribution in [0.4, 0.5) is 0 Å². The highest BCUT2D eigenvalue weighted by molar-refractivity contribution is 5.81. The minimum absolute atomic E-state index is 0.00493. The fraction of sp³-hybridized carbons (Fsp3) is 0.500. The van der Waals surface area contributed by atoms with Gasteiger partial charge in [-0.3, -0.25) is 14.6 Å².